The fourth-order valence-corrected chi connectivity index (χ4v) is 1.94. The van der Waals surface area contributed by atoms with Crippen molar-refractivity contribution in [2.45, 2.75) is 12.1 Å². The highest BCUT2D eigenvalue weighted by atomic mass is 19.4. The van der Waals surface area contributed by atoms with Gasteiger partial charge in [-0.3, -0.25) is 9.59 Å². The minimum atomic E-state index is -4.56. The molecule has 1 heterocycles. The number of esters is 2. The summed E-state index contributed by atoms with van der Waals surface area (Å²) >= 11 is 0. The predicted octanol–water partition coefficient (Wildman–Crippen LogP) is 2.17. The van der Waals surface area contributed by atoms with Crippen LogP contribution in [0.3, 0.4) is 0 Å². The summed E-state index contributed by atoms with van der Waals surface area (Å²) in [5.74, 6) is -3.49. The van der Waals surface area contributed by atoms with Crippen LogP contribution >= 0.6 is 0 Å². The number of hydrogen-bond donors (Lipinski definition) is 0. The van der Waals surface area contributed by atoms with Crippen molar-refractivity contribution in [3.63, 3.8) is 0 Å². The largest absolute Gasteiger partial charge is 0.468 e. The fourth-order valence-electron chi connectivity index (χ4n) is 1.94. The van der Waals surface area contributed by atoms with Gasteiger partial charge < -0.3 is 18.9 Å². The van der Waals surface area contributed by atoms with Crippen molar-refractivity contribution in [3.8, 4) is 0 Å². The second-order valence-corrected chi connectivity index (χ2v) is 4.83. The van der Waals surface area contributed by atoms with Crippen molar-refractivity contribution >= 4 is 11.9 Å². The predicted molar refractivity (Wildman–Crippen MR) is 79.9 cm³/mol. The minimum absolute atomic E-state index is 0.131. The Kier molecular flexibility index (Phi) is 8.36. The second kappa shape index (κ2) is 10.00. The maximum Gasteiger partial charge on any atom is 0.416 e. The van der Waals surface area contributed by atoms with E-state index in [0.717, 1.165) is 58.8 Å². The zero-order valence-electron chi connectivity index (χ0n) is 13.8. The molecule has 0 bridgehead atoms. The van der Waals surface area contributed by atoms with Crippen molar-refractivity contribution in [2.24, 2.45) is 0 Å². The Morgan fingerprint density at radius 3 is 1.84 bits per heavy atom. The highest BCUT2D eigenvalue weighted by Crippen LogP contribution is 2.31. The van der Waals surface area contributed by atoms with Gasteiger partial charge in [-0.05, 0) is 11.6 Å². The zero-order valence-corrected chi connectivity index (χ0v) is 13.8. The van der Waals surface area contributed by atoms with Gasteiger partial charge in [0.05, 0.1) is 46.2 Å². The van der Waals surface area contributed by atoms with E-state index < -0.39 is 29.6 Å². The Hall–Kier alpha value is -2.13. The Labute approximate surface area is 142 Å². The summed E-state index contributed by atoms with van der Waals surface area (Å²) in [6.45, 7) is 3.11. The molecule has 0 N–H and O–H groups in total. The molecular weight excluding hydrogens is 345 g/mol. The van der Waals surface area contributed by atoms with Crippen LogP contribution in [0.25, 0.3) is 0 Å². The Bertz CT molecular complexity index is 542. The Morgan fingerprint density at radius 1 is 1.00 bits per heavy atom. The van der Waals surface area contributed by atoms with Gasteiger partial charge in [-0.15, -0.1) is 0 Å². The van der Waals surface area contributed by atoms with E-state index in [2.05, 4.69) is 9.47 Å². The van der Waals surface area contributed by atoms with Crippen molar-refractivity contribution in [2.75, 3.05) is 40.6 Å². The van der Waals surface area contributed by atoms with Gasteiger partial charge in [-0.2, -0.15) is 13.2 Å². The third-order valence-electron chi connectivity index (χ3n) is 3.17. The maximum absolute atomic E-state index is 12.6. The van der Waals surface area contributed by atoms with Crippen molar-refractivity contribution in [1.29, 1.82) is 0 Å². The molecule has 0 unspecified atom stereocenters. The highest BCUT2D eigenvalue weighted by Gasteiger charge is 2.35. The van der Waals surface area contributed by atoms with Crippen molar-refractivity contribution in [3.05, 3.63) is 35.4 Å². The maximum atomic E-state index is 12.6. The third kappa shape index (κ3) is 6.71. The van der Waals surface area contributed by atoms with Crippen LogP contribution < -0.4 is 0 Å². The van der Waals surface area contributed by atoms with Gasteiger partial charge in [0.2, 0.25) is 0 Å². The molecule has 1 aliphatic rings. The van der Waals surface area contributed by atoms with Crippen molar-refractivity contribution in [1.82, 2.24) is 0 Å². The molecule has 1 aromatic carbocycles. The average Bonchev–Trinajstić information content (AvgIpc) is 2.63. The number of carbonyl (C=O) groups excluding carboxylic acids is 2. The van der Waals surface area contributed by atoms with Crippen LogP contribution in [0.15, 0.2) is 24.3 Å². The smallest absolute Gasteiger partial charge is 0.416 e. The fraction of sp³-hybridized carbons (Fsp3) is 0.500. The first kappa shape index (κ1) is 20.9. The number of carbonyl (C=O) groups is 2. The molecule has 0 aromatic heterocycles. The number of benzene rings is 1. The minimum Gasteiger partial charge on any atom is -0.468 e. The average molecular weight is 364 g/mol. The van der Waals surface area contributed by atoms with Gasteiger partial charge in [0.15, 0.2) is 5.92 Å². The summed E-state index contributed by atoms with van der Waals surface area (Å²) in [6.07, 6.45) is -4.56. The molecule has 0 aliphatic carbocycles. The van der Waals surface area contributed by atoms with Crippen LogP contribution in [-0.2, 0) is 34.7 Å². The molecule has 2 rings (SSSR count). The molecular formula is C16H19F3O6. The van der Waals surface area contributed by atoms with E-state index in [4.69, 9.17) is 9.47 Å². The third-order valence-corrected chi connectivity index (χ3v) is 3.17. The molecule has 1 aromatic rings. The quantitative estimate of drug-likeness (QED) is 0.605. The van der Waals surface area contributed by atoms with E-state index in [1.54, 1.807) is 0 Å². The summed E-state index contributed by atoms with van der Waals surface area (Å²) in [5.41, 5.74) is -1.09. The van der Waals surface area contributed by atoms with Crippen LogP contribution in [0.2, 0.25) is 0 Å². The lowest BCUT2D eigenvalue weighted by Gasteiger charge is -2.14. The number of ether oxygens (including phenoxy) is 4. The van der Waals surface area contributed by atoms with Gasteiger partial charge >= 0.3 is 18.1 Å². The molecule has 25 heavy (non-hydrogen) atoms. The number of alkyl halides is 3. The summed E-state index contributed by atoms with van der Waals surface area (Å²) in [6, 6.07) is 3.90. The van der Waals surface area contributed by atoms with E-state index >= 15 is 0 Å². The lowest BCUT2D eigenvalue weighted by molar-refractivity contribution is -0.154. The highest BCUT2D eigenvalue weighted by molar-refractivity contribution is 6.00. The summed E-state index contributed by atoms with van der Waals surface area (Å²) in [5, 5.41) is 0. The second-order valence-electron chi connectivity index (χ2n) is 4.83. The standard InChI is InChI=1S/C12H11F3O4.C4H8O2/c1-18-10(16)9(11(17)19-2)7-4-3-5-8(6-7)12(13,14)15;1-2-6-4-3-5-1/h3-6,9H,1-2H3;1-4H2. The molecule has 0 saturated carbocycles. The van der Waals surface area contributed by atoms with Crippen LogP contribution in [0, 0.1) is 0 Å². The Morgan fingerprint density at radius 2 is 1.48 bits per heavy atom. The number of hydrogen-bond acceptors (Lipinski definition) is 6. The van der Waals surface area contributed by atoms with Crippen LogP contribution in [-0.4, -0.2) is 52.6 Å². The van der Waals surface area contributed by atoms with Gasteiger partial charge in [-0.1, -0.05) is 18.2 Å². The summed E-state index contributed by atoms with van der Waals surface area (Å²) in [7, 11) is 2.07. The molecule has 1 fully saturated rings. The lowest BCUT2D eigenvalue weighted by atomic mass is 9.97. The molecule has 1 aliphatic heterocycles. The zero-order chi connectivity index (χ0) is 18.9. The normalized spacial score (nSPS) is 14.3. The van der Waals surface area contributed by atoms with E-state index in [1.807, 2.05) is 0 Å². The molecule has 0 spiro atoms. The lowest BCUT2D eigenvalue weighted by Crippen LogP contribution is -2.24. The van der Waals surface area contributed by atoms with E-state index in [0.29, 0.717) is 0 Å². The molecule has 6 nitrogen and oxygen atoms in total. The van der Waals surface area contributed by atoms with Crippen LogP contribution in [0.1, 0.15) is 17.0 Å². The van der Waals surface area contributed by atoms with E-state index in [9.17, 15) is 22.8 Å². The topological polar surface area (TPSA) is 71.1 Å². The van der Waals surface area contributed by atoms with Crippen LogP contribution in [0.4, 0.5) is 13.2 Å². The van der Waals surface area contributed by atoms with Gasteiger partial charge in [0.1, 0.15) is 0 Å². The first-order valence-electron chi connectivity index (χ1n) is 7.29. The molecule has 0 amide bonds. The van der Waals surface area contributed by atoms with Gasteiger partial charge in [-0.25, -0.2) is 0 Å². The summed E-state index contributed by atoms with van der Waals surface area (Å²) < 4.78 is 56.4. The number of rotatable bonds is 3. The molecule has 9 heteroatoms. The SMILES string of the molecule is C1COCCO1.COC(=O)C(C(=O)OC)c1cccc(C(F)(F)F)c1. The molecule has 140 valence electrons. The molecule has 0 atom stereocenters. The number of halogens is 3. The number of methoxy groups -OCH3 is 2. The first-order valence-corrected chi connectivity index (χ1v) is 7.29. The molecule has 1 saturated heterocycles. The van der Waals surface area contributed by atoms with Gasteiger partial charge in [0.25, 0.3) is 0 Å². The van der Waals surface area contributed by atoms with E-state index in [-0.39, 0.29) is 5.56 Å². The van der Waals surface area contributed by atoms with Crippen molar-refractivity contribution < 1.29 is 41.7 Å². The monoisotopic (exact) mass is 364 g/mol. The van der Waals surface area contributed by atoms with Gasteiger partial charge in [0, 0.05) is 0 Å². The summed E-state index contributed by atoms with van der Waals surface area (Å²) in [4.78, 5) is 22.9. The first-order chi connectivity index (χ1) is 11.8. The molecule has 0 radical (unpaired) electrons. The van der Waals surface area contributed by atoms with E-state index in [1.165, 1.54) is 6.07 Å². The Balaban J connectivity index is 0.000000435. The van der Waals surface area contributed by atoms with Crippen LogP contribution in [0.5, 0.6) is 0 Å².